The van der Waals surface area contributed by atoms with Crippen LogP contribution >= 0.6 is 11.6 Å². The molecule has 0 amide bonds. The van der Waals surface area contributed by atoms with Crippen molar-refractivity contribution >= 4 is 11.6 Å². The molecule has 1 aliphatic rings. The second-order valence-electron chi connectivity index (χ2n) is 7.90. The average Bonchev–Trinajstić information content (AvgIpc) is 2.91. The van der Waals surface area contributed by atoms with E-state index in [1.807, 2.05) is 0 Å². The summed E-state index contributed by atoms with van der Waals surface area (Å²) in [5.74, 6) is -1.07. The summed E-state index contributed by atoms with van der Waals surface area (Å²) in [5, 5.41) is 9.99. The van der Waals surface area contributed by atoms with Crippen LogP contribution in [-0.2, 0) is 12.4 Å². The first-order chi connectivity index (χ1) is 13.9. The number of hydrogen-bond acceptors (Lipinski definition) is 2. The second-order valence-corrected chi connectivity index (χ2v) is 8.46. The van der Waals surface area contributed by atoms with E-state index in [4.69, 9.17) is 16.3 Å². The molecule has 0 aromatic heterocycles. The van der Waals surface area contributed by atoms with E-state index in [0.29, 0.717) is 18.6 Å². The van der Waals surface area contributed by atoms with Gasteiger partial charge in [0.15, 0.2) is 0 Å². The molecule has 1 fully saturated rings. The first-order valence-electron chi connectivity index (χ1n) is 10.2. The zero-order valence-corrected chi connectivity index (χ0v) is 17.5. The smallest absolute Gasteiger partial charge is 0.416 e. The summed E-state index contributed by atoms with van der Waals surface area (Å²) in [5.41, 5.74) is -2.86. The summed E-state index contributed by atoms with van der Waals surface area (Å²) in [4.78, 5) is 0. The highest BCUT2D eigenvalue weighted by molar-refractivity contribution is 6.21. The predicted molar refractivity (Wildman–Crippen MR) is 103 cm³/mol. The van der Waals surface area contributed by atoms with Gasteiger partial charge in [0.05, 0.1) is 23.8 Å². The molecular weight excluding hydrogens is 434 g/mol. The molecule has 0 aliphatic heterocycles. The Kier molecular flexibility index (Phi) is 8.74. The highest BCUT2D eigenvalue weighted by Gasteiger charge is 2.42. The van der Waals surface area contributed by atoms with Crippen LogP contribution in [0.15, 0.2) is 18.2 Å². The van der Waals surface area contributed by atoms with Crippen molar-refractivity contribution < 1.29 is 36.2 Å². The molecule has 0 heterocycles. The van der Waals surface area contributed by atoms with E-state index in [0.717, 1.165) is 38.5 Å². The molecule has 1 N–H and O–H groups in total. The standard InChI is InChI=1S/C21H27ClF6O2/c1-2-3-4-5-6-7-16-17(19(29)11-18(16)22)12-30-15-9-13(20(23,24)25)8-14(10-15)21(26,27)28/h8-10,16-19,29H,2-7,11-12H2,1H3/t16-,17?,18?,19-/m1/s1. The Labute approximate surface area is 177 Å². The maximum Gasteiger partial charge on any atom is 0.416 e. The minimum atomic E-state index is -4.94. The Balaban J connectivity index is 2.09. The lowest BCUT2D eigenvalue weighted by atomic mass is 9.90. The van der Waals surface area contributed by atoms with Crippen LogP contribution in [0.5, 0.6) is 5.75 Å². The van der Waals surface area contributed by atoms with Gasteiger partial charge < -0.3 is 9.84 Å². The monoisotopic (exact) mass is 460 g/mol. The van der Waals surface area contributed by atoms with Gasteiger partial charge in [0.1, 0.15) is 5.75 Å². The molecule has 2 rings (SSSR count). The number of aliphatic hydroxyl groups excluding tert-OH is 1. The van der Waals surface area contributed by atoms with Crippen molar-refractivity contribution in [3.8, 4) is 5.75 Å². The molecule has 9 heteroatoms. The van der Waals surface area contributed by atoms with Crippen LogP contribution in [0.25, 0.3) is 0 Å². The maximum absolute atomic E-state index is 13.0. The molecule has 2 unspecified atom stereocenters. The Morgan fingerprint density at radius 3 is 2.03 bits per heavy atom. The molecule has 1 saturated carbocycles. The average molecular weight is 461 g/mol. The van der Waals surface area contributed by atoms with E-state index in [9.17, 15) is 31.4 Å². The van der Waals surface area contributed by atoms with Gasteiger partial charge in [0.2, 0.25) is 0 Å². The van der Waals surface area contributed by atoms with Crippen molar-refractivity contribution in [2.24, 2.45) is 11.8 Å². The van der Waals surface area contributed by atoms with Gasteiger partial charge in [-0.3, -0.25) is 0 Å². The van der Waals surface area contributed by atoms with Crippen molar-refractivity contribution in [3.05, 3.63) is 29.3 Å². The number of rotatable bonds is 9. The normalized spacial score (nSPS) is 25.0. The zero-order chi connectivity index (χ0) is 22.5. The highest BCUT2D eigenvalue weighted by Crippen LogP contribution is 2.41. The fourth-order valence-electron chi connectivity index (χ4n) is 3.95. The van der Waals surface area contributed by atoms with E-state index in [1.165, 1.54) is 0 Å². The largest absolute Gasteiger partial charge is 0.493 e. The van der Waals surface area contributed by atoms with Gasteiger partial charge in [-0.25, -0.2) is 0 Å². The third-order valence-electron chi connectivity index (χ3n) is 5.62. The number of halogens is 7. The first kappa shape index (κ1) is 25.1. The Bertz CT molecular complexity index is 644. The van der Waals surface area contributed by atoms with Gasteiger partial charge >= 0.3 is 12.4 Å². The molecule has 2 nitrogen and oxygen atoms in total. The van der Waals surface area contributed by atoms with Gasteiger partial charge in [0, 0.05) is 11.3 Å². The number of ether oxygens (including phenoxy) is 1. The molecule has 172 valence electrons. The summed E-state index contributed by atoms with van der Waals surface area (Å²) in [6.45, 7) is 1.91. The van der Waals surface area contributed by atoms with Gasteiger partial charge in [-0.2, -0.15) is 26.3 Å². The molecule has 1 aliphatic carbocycles. The van der Waals surface area contributed by atoms with E-state index in [2.05, 4.69) is 6.92 Å². The third-order valence-corrected chi connectivity index (χ3v) is 6.12. The number of alkyl halides is 7. The van der Waals surface area contributed by atoms with Crippen LogP contribution in [0.4, 0.5) is 26.3 Å². The SMILES string of the molecule is CCCCCCC[C@H]1C(Cl)C[C@@H](O)C1COc1cc(C(F)(F)F)cc(C(F)(F)F)c1. The van der Waals surface area contributed by atoms with E-state index >= 15 is 0 Å². The molecule has 1 aromatic rings. The fraction of sp³-hybridized carbons (Fsp3) is 0.714. The number of unbranched alkanes of at least 4 members (excludes halogenated alkanes) is 4. The molecule has 0 bridgehead atoms. The molecule has 30 heavy (non-hydrogen) atoms. The van der Waals surface area contributed by atoms with Crippen LogP contribution in [0, 0.1) is 11.8 Å². The minimum absolute atomic E-state index is 0.0607. The summed E-state index contributed by atoms with van der Waals surface area (Å²) < 4.78 is 83.3. The third kappa shape index (κ3) is 6.94. The van der Waals surface area contributed by atoms with Crippen LogP contribution in [0.2, 0.25) is 0 Å². The van der Waals surface area contributed by atoms with Crippen LogP contribution < -0.4 is 4.74 Å². The summed E-state index contributed by atoms with van der Waals surface area (Å²) in [6.07, 6.45) is -4.38. The minimum Gasteiger partial charge on any atom is -0.493 e. The van der Waals surface area contributed by atoms with Gasteiger partial charge in [0.25, 0.3) is 0 Å². The quantitative estimate of drug-likeness (QED) is 0.242. The second kappa shape index (κ2) is 10.4. The molecule has 1 aromatic carbocycles. The van der Waals surface area contributed by atoms with Gasteiger partial charge in [-0.05, 0) is 37.0 Å². The van der Waals surface area contributed by atoms with Crippen LogP contribution in [-0.4, -0.2) is 23.2 Å². The van der Waals surface area contributed by atoms with Crippen molar-refractivity contribution in [2.45, 2.75) is 75.7 Å². The van der Waals surface area contributed by atoms with Crippen molar-refractivity contribution in [3.63, 3.8) is 0 Å². The Morgan fingerprint density at radius 2 is 1.50 bits per heavy atom. The van der Waals surface area contributed by atoms with Gasteiger partial charge in [-0.15, -0.1) is 11.6 Å². The lowest BCUT2D eigenvalue weighted by molar-refractivity contribution is -0.143. The molecule has 0 saturated heterocycles. The molecule has 4 atom stereocenters. The Morgan fingerprint density at radius 1 is 0.933 bits per heavy atom. The zero-order valence-electron chi connectivity index (χ0n) is 16.7. The van der Waals surface area contributed by atoms with Crippen LogP contribution in [0.3, 0.4) is 0 Å². The van der Waals surface area contributed by atoms with Crippen molar-refractivity contribution in [1.29, 1.82) is 0 Å². The predicted octanol–water partition coefficient (Wildman–Crippen LogP) is 7.07. The molecule has 0 radical (unpaired) electrons. The van der Waals surface area contributed by atoms with Crippen molar-refractivity contribution in [1.82, 2.24) is 0 Å². The van der Waals surface area contributed by atoms with Crippen molar-refractivity contribution in [2.75, 3.05) is 6.61 Å². The maximum atomic E-state index is 13.0. The summed E-state index contributed by atoms with van der Waals surface area (Å²) in [6, 6.07) is 1.16. The van der Waals surface area contributed by atoms with E-state index < -0.39 is 41.3 Å². The molecular formula is C21H27ClF6O2. The number of hydrogen-bond donors (Lipinski definition) is 1. The number of benzene rings is 1. The number of aliphatic hydroxyl groups is 1. The fourth-order valence-corrected chi connectivity index (χ4v) is 4.44. The highest BCUT2D eigenvalue weighted by atomic mass is 35.5. The lowest BCUT2D eigenvalue weighted by Gasteiger charge is -2.24. The summed E-state index contributed by atoms with van der Waals surface area (Å²) in [7, 11) is 0. The first-order valence-corrected chi connectivity index (χ1v) is 10.6. The molecule has 0 spiro atoms. The van der Waals surface area contributed by atoms with Crippen LogP contribution in [0.1, 0.15) is 63.0 Å². The topological polar surface area (TPSA) is 29.5 Å². The van der Waals surface area contributed by atoms with E-state index in [1.54, 1.807) is 0 Å². The lowest BCUT2D eigenvalue weighted by Crippen LogP contribution is -2.27. The summed E-state index contributed by atoms with van der Waals surface area (Å²) >= 11 is 6.35. The Hall–Kier alpha value is -1.15. The van der Waals surface area contributed by atoms with Gasteiger partial charge in [-0.1, -0.05) is 39.0 Å². The van der Waals surface area contributed by atoms with E-state index in [-0.39, 0.29) is 24.0 Å².